The maximum Gasteiger partial charge on any atom is 0.213 e. The third-order valence-electron chi connectivity index (χ3n) is 2.58. The van der Waals surface area contributed by atoms with Crippen molar-refractivity contribution in [3.05, 3.63) is 59.4 Å². The molecule has 0 aliphatic heterocycles. The first-order valence-electron chi connectivity index (χ1n) is 6.93. The van der Waals surface area contributed by atoms with Crippen molar-refractivity contribution in [3.8, 4) is 0 Å². The molecule has 0 atom stereocenters. The number of rotatable bonds is 6. The van der Waals surface area contributed by atoms with E-state index in [1.54, 1.807) is 7.05 Å². The van der Waals surface area contributed by atoms with E-state index in [-0.39, 0.29) is 0 Å². The van der Waals surface area contributed by atoms with Crippen molar-refractivity contribution >= 4 is 6.41 Å². The zero-order valence-corrected chi connectivity index (χ0v) is 13.2. The van der Waals surface area contributed by atoms with Crippen molar-refractivity contribution in [1.29, 1.82) is 0 Å². The Morgan fingerprint density at radius 2 is 1.85 bits per heavy atom. The largest absolute Gasteiger partial charge is 0.392 e. The summed E-state index contributed by atoms with van der Waals surface area (Å²) in [6.07, 6.45) is 5.50. The van der Waals surface area contributed by atoms with Gasteiger partial charge in [0.15, 0.2) is 0 Å². The van der Waals surface area contributed by atoms with Crippen LogP contribution in [0.1, 0.15) is 26.3 Å². The van der Waals surface area contributed by atoms with E-state index in [2.05, 4.69) is 17.4 Å². The van der Waals surface area contributed by atoms with E-state index >= 15 is 0 Å². The van der Waals surface area contributed by atoms with Crippen LogP contribution in [0, 0.1) is 0 Å². The molecule has 0 heterocycles. The zero-order chi connectivity index (χ0) is 15.4. The highest BCUT2D eigenvalue weighted by atomic mass is 16.1. The van der Waals surface area contributed by atoms with Crippen molar-refractivity contribution in [2.24, 2.45) is 0 Å². The molecule has 1 amide bonds. The molecule has 0 aromatic heterocycles. The van der Waals surface area contributed by atoms with E-state index in [0.717, 1.165) is 24.1 Å². The van der Waals surface area contributed by atoms with Crippen LogP contribution < -0.4 is 5.32 Å². The van der Waals surface area contributed by atoms with Crippen LogP contribution in [-0.4, -0.2) is 25.4 Å². The van der Waals surface area contributed by atoms with Gasteiger partial charge in [0.1, 0.15) is 0 Å². The smallest absolute Gasteiger partial charge is 0.213 e. The fourth-order valence-corrected chi connectivity index (χ4v) is 1.61. The van der Waals surface area contributed by atoms with Gasteiger partial charge in [-0.3, -0.25) is 4.79 Å². The van der Waals surface area contributed by atoms with Crippen molar-refractivity contribution in [1.82, 2.24) is 10.2 Å². The molecule has 1 aromatic rings. The summed E-state index contributed by atoms with van der Waals surface area (Å²) in [6, 6.07) is 10.2. The molecular weight excluding hydrogens is 248 g/mol. The minimum atomic E-state index is 0.799. The lowest BCUT2D eigenvalue weighted by Gasteiger charge is -2.09. The summed E-state index contributed by atoms with van der Waals surface area (Å²) in [5.74, 6) is 0. The Morgan fingerprint density at radius 1 is 1.25 bits per heavy atom. The first-order chi connectivity index (χ1) is 9.65. The van der Waals surface area contributed by atoms with Crippen LogP contribution >= 0.6 is 0 Å². The Kier molecular flexibility index (Phi) is 9.75. The summed E-state index contributed by atoms with van der Waals surface area (Å²) in [7, 11) is 3.62. The van der Waals surface area contributed by atoms with Crippen LogP contribution in [0.5, 0.6) is 0 Å². The van der Waals surface area contributed by atoms with E-state index in [9.17, 15) is 4.79 Å². The third-order valence-corrected chi connectivity index (χ3v) is 2.58. The molecule has 0 bridgehead atoms. The fraction of sp³-hybridized carbons (Fsp3) is 0.353. The Morgan fingerprint density at radius 3 is 2.35 bits per heavy atom. The summed E-state index contributed by atoms with van der Waals surface area (Å²) in [6.45, 7) is 6.00. The summed E-state index contributed by atoms with van der Waals surface area (Å²) in [5, 5.41) is 3.09. The number of amides is 1. The average Bonchev–Trinajstić information content (AvgIpc) is 2.49. The minimum Gasteiger partial charge on any atom is -0.392 e. The maximum absolute atomic E-state index is 10.7. The Balaban J connectivity index is 0.00000172. The molecule has 0 saturated carbocycles. The highest BCUT2D eigenvalue weighted by molar-refractivity contribution is 5.49. The van der Waals surface area contributed by atoms with Gasteiger partial charge in [0.05, 0.1) is 0 Å². The molecule has 3 heteroatoms. The molecule has 0 aliphatic carbocycles. The second-order valence-electron chi connectivity index (χ2n) is 4.21. The van der Waals surface area contributed by atoms with Crippen molar-refractivity contribution < 1.29 is 4.79 Å². The number of carbonyl (C=O) groups is 1. The Labute approximate surface area is 123 Å². The molecule has 0 unspecified atom stereocenters. The molecule has 0 saturated heterocycles. The molecule has 1 N–H and O–H groups in total. The first kappa shape index (κ1) is 18.0. The SMILES string of the molecule is CC.CN/C(C)=C/C(=C\N(C)C=O)Cc1ccccc1. The van der Waals surface area contributed by atoms with Crippen LogP contribution in [-0.2, 0) is 11.2 Å². The van der Waals surface area contributed by atoms with Gasteiger partial charge >= 0.3 is 0 Å². The average molecular weight is 274 g/mol. The molecule has 110 valence electrons. The molecule has 1 rings (SSSR count). The zero-order valence-electron chi connectivity index (χ0n) is 13.2. The maximum atomic E-state index is 10.7. The first-order valence-corrected chi connectivity index (χ1v) is 6.93. The quantitative estimate of drug-likeness (QED) is 0.637. The van der Waals surface area contributed by atoms with Crippen LogP contribution in [0.4, 0.5) is 0 Å². The van der Waals surface area contributed by atoms with Gasteiger partial charge in [-0.1, -0.05) is 44.2 Å². The number of allylic oxidation sites excluding steroid dienone is 3. The molecular formula is C17H26N2O. The molecule has 0 radical (unpaired) electrons. The standard InChI is InChI=1S/C15H20N2O.C2H6/c1-13(16-2)9-15(11-17(3)12-18)10-14-7-5-4-6-8-14;1-2/h4-9,11-12,16H,10H2,1-3H3;1-2H3/b13-9+,15-11+;. The topological polar surface area (TPSA) is 32.3 Å². The monoisotopic (exact) mass is 274 g/mol. The molecule has 0 spiro atoms. The number of nitrogens with zero attached hydrogens (tertiary/aromatic N) is 1. The second kappa shape index (κ2) is 10.9. The van der Waals surface area contributed by atoms with Crippen LogP contribution in [0.25, 0.3) is 0 Å². The molecule has 0 fully saturated rings. The highest BCUT2D eigenvalue weighted by Crippen LogP contribution is 2.11. The Hall–Kier alpha value is -2.03. The number of carbonyl (C=O) groups excluding carboxylic acids is 1. The van der Waals surface area contributed by atoms with Gasteiger partial charge in [-0.15, -0.1) is 0 Å². The fourth-order valence-electron chi connectivity index (χ4n) is 1.61. The lowest BCUT2D eigenvalue weighted by Crippen LogP contribution is -2.09. The van der Waals surface area contributed by atoms with Crippen molar-refractivity contribution in [3.63, 3.8) is 0 Å². The van der Waals surface area contributed by atoms with E-state index in [1.807, 2.05) is 58.3 Å². The Bertz CT molecular complexity index is 436. The van der Waals surface area contributed by atoms with Crippen molar-refractivity contribution in [2.75, 3.05) is 14.1 Å². The molecule has 20 heavy (non-hydrogen) atoms. The van der Waals surface area contributed by atoms with Gasteiger partial charge in [-0.25, -0.2) is 0 Å². The molecule has 3 nitrogen and oxygen atoms in total. The predicted octanol–water partition coefficient (Wildman–Crippen LogP) is 3.35. The number of nitrogens with one attached hydrogen (secondary N) is 1. The minimum absolute atomic E-state index is 0.799. The number of hydrogen-bond donors (Lipinski definition) is 1. The van der Waals surface area contributed by atoms with Crippen LogP contribution in [0.3, 0.4) is 0 Å². The van der Waals surface area contributed by atoms with Crippen LogP contribution in [0.15, 0.2) is 53.9 Å². The second-order valence-corrected chi connectivity index (χ2v) is 4.21. The number of benzene rings is 1. The number of hydrogen-bond acceptors (Lipinski definition) is 2. The van der Waals surface area contributed by atoms with E-state index < -0.39 is 0 Å². The molecule has 1 aromatic carbocycles. The van der Waals surface area contributed by atoms with E-state index in [4.69, 9.17) is 0 Å². The normalized spacial score (nSPS) is 11.2. The van der Waals surface area contributed by atoms with Gasteiger partial charge in [0, 0.05) is 26.0 Å². The lowest BCUT2D eigenvalue weighted by atomic mass is 10.0. The van der Waals surface area contributed by atoms with Gasteiger partial charge in [0.25, 0.3) is 0 Å². The van der Waals surface area contributed by atoms with Gasteiger partial charge in [-0.2, -0.15) is 0 Å². The van der Waals surface area contributed by atoms with Gasteiger partial charge < -0.3 is 10.2 Å². The van der Waals surface area contributed by atoms with E-state index in [1.165, 1.54) is 10.5 Å². The van der Waals surface area contributed by atoms with Crippen LogP contribution in [0.2, 0.25) is 0 Å². The summed E-state index contributed by atoms with van der Waals surface area (Å²) >= 11 is 0. The van der Waals surface area contributed by atoms with Gasteiger partial charge in [0.2, 0.25) is 6.41 Å². The summed E-state index contributed by atoms with van der Waals surface area (Å²) in [4.78, 5) is 12.2. The van der Waals surface area contributed by atoms with E-state index in [0.29, 0.717) is 0 Å². The summed E-state index contributed by atoms with van der Waals surface area (Å²) < 4.78 is 0. The van der Waals surface area contributed by atoms with Gasteiger partial charge in [-0.05, 0) is 30.6 Å². The van der Waals surface area contributed by atoms with Crippen molar-refractivity contribution in [2.45, 2.75) is 27.2 Å². The lowest BCUT2D eigenvalue weighted by molar-refractivity contribution is -0.115. The highest BCUT2D eigenvalue weighted by Gasteiger charge is 1.99. The predicted molar refractivity (Wildman–Crippen MR) is 86.2 cm³/mol. The molecule has 0 aliphatic rings. The third kappa shape index (κ3) is 7.41. The summed E-state index contributed by atoms with van der Waals surface area (Å²) in [5.41, 5.74) is 3.38.